The Hall–Kier alpha value is -3.17. The molecule has 39 heavy (non-hydrogen) atoms. The maximum atomic E-state index is 13.1. The lowest BCUT2D eigenvalue weighted by atomic mass is 9.97. The largest absolute Gasteiger partial charge is 0.481 e. The number of hydrogen-bond acceptors (Lipinski definition) is 8. The minimum Gasteiger partial charge on any atom is -0.481 e. The number of piperidine rings is 1. The molecule has 2 aliphatic rings. The molecule has 4 heterocycles. The first-order valence-electron chi connectivity index (χ1n) is 13.4. The number of aryl methyl sites for hydroxylation is 2. The van der Waals surface area contributed by atoms with Crippen molar-refractivity contribution in [1.82, 2.24) is 19.9 Å². The molecule has 0 amide bonds. The van der Waals surface area contributed by atoms with Crippen LogP contribution in [0.5, 0.6) is 0 Å². The Balaban J connectivity index is 0.00000353. The third kappa shape index (κ3) is 6.53. The zero-order chi connectivity index (χ0) is 26.8. The van der Waals surface area contributed by atoms with Gasteiger partial charge in [-0.25, -0.2) is 15.0 Å². The van der Waals surface area contributed by atoms with E-state index in [9.17, 15) is 14.7 Å². The Bertz CT molecular complexity index is 1310. The van der Waals surface area contributed by atoms with Crippen molar-refractivity contribution >= 4 is 28.9 Å². The van der Waals surface area contributed by atoms with Crippen LogP contribution >= 0.6 is 11.3 Å². The van der Waals surface area contributed by atoms with Gasteiger partial charge in [-0.2, -0.15) is 0 Å². The number of likely N-dealkylation sites (tertiary alicyclic amines) is 1. The summed E-state index contributed by atoms with van der Waals surface area (Å²) in [7, 11) is 0. The fourth-order valence-corrected chi connectivity index (χ4v) is 6.44. The Morgan fingerprint density at radius 1 is 1.05 bits per heavy atom. The number of hydrogen-bond donors (Lipinski definition) is 1. The Labute approximate surface area is 235 Å². The van der Waals surface area contributed by atoms with Gasteiger partial charge in [0.2, 0.25) is 0 Å². The minimum atomic E-state index is -0.738. The second kappa shape index (κ2) is 12.3. The number of ketones is 1. The summed E-state index contributed by atoms with van der Waals surface area (Å²) in [6.45, 7) is 9.70. The van der Waals surface area contributed by atoms with Gasteiger partial charge in [-0.15, -0.1) is 11.3 Å². The molecule has 1 aromatic carbocycles. The zero-order valence-corrected chi connectivity index (χ0v) is 23.1. The number of carbonyl (C=O) groups is 2. The summed E-state index contributed by atoms with van der Waals surface area (Å²) in [6.07, 6.45) is 6.96. The lowest BCUT2D eigenvalue weighted by molar-refractivity contribution is -0.142. The molecule has 1 N–H and O–H groups in total. The fourth-order valence-electron chi connectivity index (χ4n) is 5.32. The van der Waals surface area contributed by atoms with Crippen molar-refractivity contribution in [2.75, 3.05) is 24.5 Å². The van der Waals surface area contributed by atoms with Crippen LogP contribution in [-0.2, 0) is 17.8 Å². The molecule has 5 rings (SSSR count). The highest BCUT2D eigenvalue weighted by Crippen LogP contribution is 2.33. The number of benzene rings is 1. The van der Waals surface area contributed by atoms with E-state index in [2.05, 4.69) is 53.8 Å². The van der Waals surface area contributed by atoms with Gasteiger partial charge >= 0.3 is 5.97 Å². The molecule has 1 atom stereocenters. The van der Waals surface area contributed by atoms with Gasteiger partial charge in [0.1, 0.15) is 16.5 Å². The molecule has 0 aliphatic carbocycles. The highest BCUT2D eigenvalue weighted by Gasteiger charge is 2.26. The van der Waals surface area contributed by atoms with Gasteiger partial charge in [-0.1, -0.05) is 19.6 Å². The lowest BCUT2D eigenvalue weighted by Gasteiger charge is -2.30. The third-order valence-electron chi connectivity index (χ3n) is 7.96. The van der Waals surface area contributed by atoms with Gasteiger partial charge in [-0.3, -0.25) is 14.5 Å². The Kier molecular flexibility index (Phi) is 9.12. The quantitative estimate of drug-likeness (QED) is 0.365. The highest BCUT2D eigenvalue weighted by atomic mass is 32.1. The maximum absolute atomic E-state index is 13.1. The van der Waals surface area contributed by atoms with Crippen LogP contribution in [0.3, 0.4) is 0 Å². The molecule has 0 saturated carbocycles. The molecule has 208 valence electrons. The van der Waals surface area contributed by atoms with E-state index in [1.165, 1.54) is 35.0 Å². The van der Waals surface area contributed by atoms with Crippen LogP contribution < -0.4 is 4.90 Å². The summed E-state index contributed by atoms with van der Waals surface area (Å²) in [5.74, 6) is -0.461. The van der Waals surface area contributed by atoms with Crippen LogP contribution in [0.1, 0.15) is 71.5 Å². The summed E-state index contributed by atoms with van der Waals surface area (Å²) >= 11 is 1.63. The first kappa shape index (κ1) is 28.8. The summed E-state index contributed by atoms with van der Waals surface area (Å²) in [4.78, 5) is 43.9. The number of aromatic nitrogens is 3. The van der Waals surface area contributed by atoms with Gasteiger partial charge in [0.15, 0.2) is 5.78 Å². The van der Waals surface area contributed by atoms with E-state index in [1.54, 1.807) is 17.5 Å². The number of carboxylic acids is 1. The first-order valence-corrected chi connectivity index (χ1v) is 14.2. The number of aliphatic carboxylic acids is 1. The summed E-state index contributed by atoms with van der Waals surface area (Å²) in [5.41, 5.74) is 4.89. The number of carboxylic acid groups (broad SMARTS) is 1. The van der Waals surface area contributed by atoms with Gasteiger partial charge < -0.3 is 10.0 Å². The van der Waals surface area contributed by atoms with Crippen molar-refractivity contribution in [3.8, 4) is 11.3 Å². The van der Waals surface area contributed by atoms with Crippen LogP contribution in [0.15, 0.2) is 30.6 Å². The monoisotopic (exact) mass is 549 g/mol. The smallest absolute Gasteiger partial charge is 0.306 e. The van der Waals surface area contributed by atoms with Gasteiger partial charge in [0.25, 0.3) is 0 Å². The second-order valence-electron chi connectivity index (χ2n) is 10.6. The Morgan fingerprint density at radius 3 is 2.44 bits per heavy atom. The van der Waals surface area contributed by atoms with Crippen LogP contribution in [0, 0.1) is 19.8 Å². The summed E-state index contributed by atoms with van der Waals surface area (Å²) in [5, 5.41) is 10.0. The van der Waals surface area contributed by atoms with Gasteiger partial charge in [0, 0.05) is 36.1 Å². The number of Topliss-reactive ketones (excluding diaryl/α,β-unsaturated/α-hetero) is 1. The minimum absolute atomic E-state index is 0. The lowest BCUT2D eigenvalue weighted by Crippen LogP contribution is -2.36. The number of rotatable bonds is 8. The van der Waals surface area contributed by atoms with Crippen LogP contribution in [0.2, 0.25) is 0 Å². The molecule has 2 fully saturated rings. The van der Waals surface area contributed by atoms with Crippen molar-refractivity contribution in [3.63, 3.8) is 0 Å². The molecular weight excluding hydrogens is 510 g/mol. The van der Waals surface area contributed by atoms with Crippen molar-refractivity contribution in [1.29, 1.82) is 0 Å². The van der Waals surface area contributed by atoms with E-state index in [-0.39, 0.29) is 25.5 Å². The molecule has 2 aromatic heterocycles. The molecule has 9 heteroatoms. The third-order valence-corrected chi connectivity index (χ3v) is 9.00. The predicted octanol–water partition coefficient (Wildman–Crippen LogP) is 5.56. The van der Waals surface area contributed by atoms with E-state index in [0.29, 0.717) is 43.5 Å². The zero-order valence-electron chi connectivity index (χ0n) is 22.3. The van der Waals surface area contributed by atoms with Crippen LogP contribution in [-0.4, -0.2) is 62.4 Å². The summed E-state index contributed by atoms with van der Waals surface area (Å²) in [6, 6.07) is 7.01. The molecule has 0 radical (unpaired) electrons. The van der Waals surface area contributed by atoms with Crippen molar-refractivity contribution < 1.29 is 14.7 Å². The van der Waals surface area contributed by atoms with E-state index < -0.39 is 5.97 Å². The molecular formula is C30H39N5O3S. The number of nitrogens with zero attached hydrogens (tertiary/aromatic N) is 5. The van der Waals surface area contributed by atoms with Gasteiger partial charge in [0.05, 0.1) is 30.4 Å². The molecule has 2 aliphatic heterocycles. The SMILES string of the molecule is C.Cc1ccc(-c2nc(CC(=O)c3cnc(N4CCC(C(=O)O)CC4)cn3)sc2CN2CCC[C@H]2C)cc1C. The molecule has 0 bridgehead atoms. The molecule has 8 nitrogen and oxygen atoms in total. The van der Waals surface area contributed by atoms with Crippen molar-refractivity contribution in [3.05, 3.63) is 57.3 Å². The Morgan fingerprint density at radius 2 is 1.82 bits per heavy atom. The standard InChI is InChI=1S/C29H35N5O3S.CH4/c1-18-6-7-22(13-19(18)2)28-25(17-34-10-4-5-20(34)3)38-27(32-28)14-24(35)23-15-31-26(16-30-23)33-11-8-21(9-12-33)29(36)37;/h6-7,13,15-16,20-21H,4-5,8-12,14,17H2,1-3H3,(H,36,37);1H4/t20-;/m1./s1. The topological polar surface area (TPSA) is 99.5 Å². The second-order valence-corrected chi connectivity index (χ2v) is 11.8. The number of carbonyl (C=O) groups excluding carboxylic acids is 1. The molecule has 2 saturated heterocycles. The van der Waals surface area contributed by atoms with Crippen molar-refractivity contribution in [2.45, 2.75) is 72.9 Å². The van der Waals surface area contributed by atoms with E-state index in [4.69, 9.17) is 4.98 Å². The van der Waals surface area contributed by atoms with E-state index in [1.807, 2.05) is 4.90 Å². The van der Waals surface area contributed by atoms with Crippen molar-refractivity contribution in [2.24, 2.45) is 5.92 Å². The van der Waals surface area contributed by atoms with Crippen LogP contribution in [0.4, 0.5) is 5.82 Å². The first-order chi connectivity index (χ1) is 18.3. The van der Waals surface area contributed by atoms with Crippen LogP contribution in [0.25, 0.3) is 11.3 Å². The number of thiazole rings is 1. The molecule has 0 spiro atoms. The normalized spacial score (nSPS) is 18.2. The average Bonchev–Trinajstić information content (AvgIpc) is 3.51. The van der Waals surface area contributed by atoms with Gasteiger partial charge in [-0.05, 0) is 70.2 Å². The molecule has 0 unspecified atom stereocenters. The van der Waals surface area contributed by atoms with E-state index in [0.717, 1.165) is 29.4 Å². The maximum Gasteiger partial charge on any atom is 0.306 e. The molecule has 3 aromatic rings. The predicted molar refractivity (Wildman–Crippen MR) is 156 cm³/mol. The number of anilines is 1. The fraction of sp³-hybridized carbons (Fsp3) is 0.500. The van der Waals surface area contributed by atoms with E-state index >= 15 is 0 Å². The highest BCUT2D eigenvalue weighted by molar-refractivity contribution is 7.12. The summed E-state index contributed by atoms with van der Waals surface area (Å²) < 4.78 is 0. The average molecular weight is 550 g/mol.